The summed E-state index contributed by atoms with van der Waals surface area (Å²) < 4.78 is 6.64. The van der Waals surface area contributed by atoms with Gasteiger partial charge in [0, 0.05) is 31.8 Å². The summed E-state index contributed by atoms with van der Waals surface area (Å²) in [5.41, 5.74) is 0.117. The Morgan fingerprint density at radius 3 is 2.90 bits per heavy atom. The van der Waals surface area contributed by atoms with Crippen molar-refractivity contribution >= 4 is 22.9 Å². The zero-order valence-corrected chi connectivity index (χ0v) is 17.4. The maximum absolute atomic E-state index is 12.4. The summed E-state index contributed by atoms with van der Waals surface area (Å²) in [6.07, 6.45) is 1.81. The molecule has 1 aliphatic heterocycles. The first kappa shape index (κ1) is 20.5. The molecule has 0 saturated carbocycles. The van der Waals surface area contributed by atoms with Crippen molar-refractivity contribution in [1.82, 2.24) is 24.6 Å². The van der Waals surface area contributed by atoms with Gasteiger partial charge >= 0.3 is 5.97 Å². The van der Waals surface area contributed by atoms with Crippen LogP contribution in [0.4, 0.5) is 0 Å². The van der Waals surface area contributed by atoms with Crippen molar-refractivity contribution in [1.29, 1.82) is 0 Å². The van der Waals surface area contributed by atoms with Crippen molar-refractivity contribution in [3.8, 4) is 17.5 Å². The smallest absolute Gasteiger partial charge is 0.359 e. The van der Waals surface area contributed by atoms with Crippen LogP contribution in [0.5, 0.6) is 0 Å². The molecule has 2 aromatic heterocycles. The summed E-state index contributed by atoms with van der Waals surface area (Å²) in [6.45, 7) is 4.15. The van der Waals surface area contributed by atoms with Crippen LogP contribution in [0.15, 0.2) is 30.5 Å². The third kappa shape index (κ3) is 3.73. The maximum Gasteiger partial charge on any atom is 0.359 e. The van der Waals surface area contributed by atoms with Crippen LogP contribution in [0.3, 0.4) is 0 Å². The Bertz CT molecular complexity index is 1260. The van der Waals surface area contributed by atoms with E-state index < -0.39 is 17.5 Å². The number of aromatic nitrogens is 4. The number of rotatable bonds is 3. The van der Waals surface area contributed by atoms with Crippen molar-refractivity contribution in [2.75, 3.05) is 20.2 Å². The molecule has 1 aromatic carbocycles. The van der Waals surface area contributed by atoms with E-state index in [4.69, 9.17) is 4.74 Å². The molecule has 1 fully saturated rings. The summed E-state index contributed by atoms with van der Waals surface area (Å²) in [4.78, 5) is 34.6. The minimum absolute atomic E-state index is 0.127. The number of amides is 1. The van der Waals surface area contributed by atoms with Gasteiger partial charge in [-0.05, 0) is 32.0 Å². The van der Waals surface area contributed by atoms with E-state index in [1.807, 2.05) is 0 Å². The first-order valence-corrected chi connectivity index (χ1v) is 9.83. The standard InChI is InChI=1S/C22H21N5O4/c1-4-31-20(28)18-17-13-23-14(2)24-19(17)27(25-18)16-7-5-6-15(12-16)8-9-22(30)10-11-26(3)21(22)29/h5-7,12-13,30H,4,10-11H2,1-3H3. The fourth-order valence-corrected chi connectivity index (χ4v) is 3.38. The molecule has 1 unspecified atom stereocenters. The van der Waals surface area contributed by atoms with Crippen molar-refractivity contribution in [3.05, 3.63) is 47.5 Å². The van der Waals surface area contributed by atoms with Gasteiger partial charge in [-0.2, -0.15) is 5.10 Å². The summed E-state index contributed by atoms with van der Waals surface area (Å²) in [6, 6.07) is 7.09. The van der Waals surface area contributed by atoms with E-state index in [0.29, 0.717) is 34.7 Å². The molecule has 4 rings (SSSR count). The highest BCUT2D eigenvalue weighted by Crippen LogP contribution is 2.23. The van der Waals surface area contributed by atoms with Crippen molar-refractivity contribution < 1.29 is 19.4 Å². The van der Waals surface area contributed by atoms with Crippen LogP contribution in [0, 0.1) is 18.8 Å². The minimum atomic E-state index is -1.68. The van der Waals surface area contributed by atoms with E-state index in [9.17, 15) is 14.7 Å². The van der Waals surface area contributed by atoms with Crippen LogP contribution >= 0.6 is 0 Å². The number of esters is 1. The summed E-state index contributed by atoms with van der Waals surface area (Å²) in [5, 5.41) is 15.4. The van der Waals surface area contributed by atoms with Gasteiger partial charge in [0.25, 0.3) is 5.91 Å². The third-order valence-corrected chi connectivity index (χ3v) is 5.03. The average molecular weight is 419 g/mol. The first-order chi connectivity index (χ1) is 14.8. The molecule has 9 heteroatoms. The van der Waals surface area contributed by atoms with Gasteiger partial charge in [-0.15, -0.1) is 0 Å². The largest absolute Gasteiger partial charge is 0.461 e. The number of hydrogen-bond acceptors (Lipinski definition) is 7. The number of fused-ring (bicyclic) bond motifs is 1. The van der Waals surface area contributed by atoms with E-state index in [-0.39, 0.29) is 18.7 Å². The van der Waals surface area contributed by atoms with E-state index in [0.717, 1.165) is 0 Å². The summed E-state index contributed by atoms with van der Waals surface area (Å²) in [7, 11) is 1.64. The van der Waals surface area contributed by atoms with Crippen molar-refractivity contribution in [2.24, 2.45) is 0 Å². The van der Waals surface area contributed by atoms with Gasteiger partial charge in [-0.25, -0.2) is 19.4 Å². The zero-order valence-electron chi connectivity index (χ0n) is 17.4. The van der Waals surface area contributed by atoms with Gasteiger partial charge in [0.1, 0.15) is 5.82 Å². The Kier molecular flexibility index (Phi) is 5.17. The van der Waals surface area contributed by atoms with Crippen LogP contribution in [-0.4, -0.2) is 67.4 Å². The number of likely N-dealkylation sites (N-methyl/N-ethyl adjacent to an activating group) is 1. The monoisotopic (exact) mass is 419 g/mol. The lowest BCUT2D eigenvalue weighted by Gasteiger charge is -2.13. The highest BCUT2D eigenvalue weighted by Gasteiger charge is 2.42. The Labute approximate surface area is 178 Å². The van der Waals surface area contributed by atoms with E-state index in [1.165, 1.54) is 9.58 Å². The molecule has 0 radical (unpaired) electrons. The number of carbonyl (C=O) groups excluding carboxylic acids is 2. The normalized spacial score (nSPS) is 18.2. The van der Waals surface area contributed by atoms with Gasteiger partial charge in [0.2, 0.25) is 5.60 Å². The summed E-state index contributed by atoms with van der Waals surface area (Å²) >= 11 is 0. The van der Waals surface area contributed by atoms with Gasteiger partial charge < -0.3 is 14.7 Å². The second kappa shape index (κ2) is 7.81. The Hall–Kier alpha value is -3.77. The number of likely N-dealkylation sites (tertiary alicyclic amines) is 1. The molecule has 0 bridgehead atoms. The molecule has 1 amide bonds. The van der Waals surface area contributed by atoms with E-state index >= 15 is 0 Å². The highest BCUT2D eigenvalue weighted by molar-refractivity contribution is 6.01. The number of aryl methyl sites for hydroxylation is 1. The Morgan fingerprint density at radius 2 is 2.19 bits per heavy atom. The predicted molar refractivity (Wildman–Crippen MR) is 111 cm³/mol. The van der Waals surface area contributed by atoms with Gasteiger partial charge in [0.15, 0.2) is 11.3 Å². The Morgan fingerprint density at radius 1 is 1.39 bits per heavy atom. The van der Waals surface area contributed by atoms with Crippen molar-refractivity contribution in [3.63, 3.8) is 0 Å². The molecular weight excluding hydrogens is 398 g/mol. The molecule has 0 aliphatic carbocycles. The molecule has 0 spiro atoms. The van der Waals surface area contributed by atoms with Gasteiger partial charge in [-0.1, -0.05) is 17.9 Å². The van der Waals surface area contributed by atoms with Gasteiger partial charge in [-0.3, -0.25) is 4.79 Å². The van der Waals surface area contributed by atoms with E-state index in [2.05, 4.69) is 26.9 Å². The lowest BCUT2D eigenvalue weighted by Crippen LogP contribution is -2.37. The zero-order chi connectivity index (χ0) is 22.2. The molecule has 1 saturated heterocycles. The molecule has 3 heterocycles. The number of nitrogens with zero attached hydrogens (tertiary/aromatic N) is 5. The molecule has 1 N–H and O–H groups in total. The average Bonchev–Trinajstić information content (AvgIpc) is 3.26. The SMILES string of the molecule is CCOC(=O)c1nn(-c2cccc(C#CC3(O)CCN(C)C3=O)c2)c2nc(C)ncc12. The third-order valence-electron chi connectivity index (χ3n) is 5.03. The molecular formula is C22H21N5O4. The molecule has 3 aromatic rings. The van der Waals surface area contributed by atoms with Crippen molar-refractivity contribution in [2.45, 2.75) is 25.9 Å². The number of benzene rings is 1. The molecule has 1 atom stereocenters. The number of hydrogen-bond donors (Lipinski definition) is 1. The lowest BCUT2D eigenvalue weighted by molar-refractivity contribution is -0.137. The maximum atomic E-state index is 12.4. The van der Waals surface area contributed by atoms with Crippen LogP contribution in [0.25, 0.3) is 16.7 Å². The molecule has 158 valence electrons. The second-order valence-corrected chi connectivity index (χ2v) is 7.27. The molecule has 31 heavy (non-hydrogen) atoms. The number of aliphatic hydroxyl groups is 1. The van der Waals surface area contributed by atoms with Crippen LogP contribution in [-0.2, 0) is 9.53 Å². The fourth-order valence-electron chi connectivity index (χ4n) is 3.38. The van der Waals surface area contributed by atoms with Crippen LogP contribution < -0.4 is 0 Å². The van der Waals surface area contributed by atoms with Gasteiger partial charge in [0.05, 0.1) is 17.7 Å². The van der Waals surface area contributed by atoms with Crippen LogP contribution in [0.2, 0.25) is 0 Å². The second-order valence-electron chi connectivity index (χ2n) is 7.27. The summed E-state index contributed by atoms with van der Waals surface area (Å²) in [5.74, 6) is 5.17. The molecule has 1 aliphatic rings. The Balaban J connectivity index is 1.77. The number of ether oxygens (including phenoxy) is 1. The predicted octanol–water partition coefficient (Wildman–Crippen LogP) is 1.25. The highest BCUT2D eigenvalue weighted by atomic mass is 16.5. The lowest BCUT2D eigenvalue weighted by atomic mass is 10.0. The van der Waals surface area contributed by atoms with Crippen LogP contribution in [0.1, 0.15) is 35.2 Å². The molecule has 9 nitrogen and oxygen atoms in total. The first-order valence-electron chi connectivity index (χ1n) is 9.83. The number of carbonyl (C=O) groups is 2. The van der Waals surface area contributed by atoms with E-state index in [1.54, 1.807) is 51.4 Å². The minimum Gasteiger partial charge on any atom is -0.461 e. The topological polar surface area (TPSA) is 110 Å². The quantitative estimate of drug-likeness (QED) is 0.502. The fraction of sp³-hybridized carbons (Fsp3) is 0.318.